The molecule has 0 saturated heterocycles. The highest BCUT2D eigenvalue weighted by Crippen LogP contribution is 2.19. The van der Waals surface area contributed by atoms with Crippen LogP contribution in [0.5, 0.6) is 5.75 Å². The minimum absolute atomic E-state index is 0.0157. The highest BCUT2D eigenvalue weighted by Gasteiger charge is 2.24. The maximum absolute atomic E-state index is 12.9. The lowest BCUT2D eigenvalue weighted by atomic mass is 10.1. The van der Waals surface area contributed by atoms with E-state index in [0.29, 0.717) is 12.2 Å². The summed E-state index contributed by atoms with van der Waals surface area (Å²) in [5.74, 6) is 0.713. The van der Waals surface area contributed by atoms with Crippen molar-refractivity contribution < 1.29 is 26.7 Å². The molecule has 2 aromatic carbocycles. The second-order valence-electron chi connectivity index (χ2n) is 5.97. The SMILES string of the molecule is COc1ccc(CCN(CCO)S(=O)(=O)c2ccc(S(C)(=O)=O)cc2)cc1. The quantitative estimate of drug-likeness (QED) is 0.665. The Bertz CT molecular complexity index is 952. The first-order valence-electron chi connectivity index (χ1n) is 8.22. The van der Waals surface area contributed by atoms with Gasteiger partial charge in [0.15, 0.2) is 9.84 Å². The van der Waals surface area contributed by atoms with Crippen molar-refractivity contribution in [2.75, 3.05) is 33.1 Å². The summed E-state index contributed by atoms with van der Waals surface area (Å²) in [6, 6.07) is 12.4. The highest BCUT2D eigenvalue weighted by molar-refractivity contribution is 7.90. The van der Waals surface area contributed by atoms with E-state index < -0.39 is 19.9 Å². The van der Waals surface area contributed by atoms with Crippen LogP contribution >= 0.6 is 0 Å². The molecular formula is C18H23NO6S2. The first-order chi connectivity index (χ1) is 12.7. The van der Waals surface area contributed by atoms with E-state index in [-0.39, 0.29) is 29.5 Å². The van der Waals surface area contributed by atoms with Crippen molar-refractivity contribution in [2.45, 2.75) is 16.2 Å². The molecule has 0 heterocycles. The molecule has 0 spiro atoms. The zero-order valence-electron chi connectivity index (χ0n) is 15.2. The lowest BCUT2D eigenvalue weighted by Crippen LogP contribution is -2.35. The summed E-state index contributed by atoms with van der Waals surface area (Å²) < 4.78 is 55.1. The van der Waals surface area contributed by atoms with Crippen LogP contribution in [0.15, 0.2) is 58.3 Å². The van der Waals surface area contributed by atoms with Crippen LogP contribution in [0.3, 0.4) is 0 Å². The molecule has 7 nitrogen and oxygen atoms in total. The van der Waals surface area contributed by atoms with Gasteiger partial charge in [0.25, 0.3) is 0 Å². The molecule has 148 valence electrons. The number of rotatable bonds is 9. The van der Waals surface area contributed by atoms with Crippen LogP contribution in [0.2, 0.25) is 0 Å². The molecule has 2 aromatic rings. The van der Waals surface area contributed by atoms with Gasteiger partial charge in [-0.2, -0.15) is 4.31 Å². The van der Waals surface area contributed by atoms with Gasteiger partial charge in [-0.15, -0.1) is 0 Å². The fourth-order valence-electron chi connectivity index (χ4n) is 2.52. The number of aliphatic hydroxyl groups is 1. The minimum atomic E-state index is -3.85. The number of hydrogen-bond acceptors (Lipinski definition) is 6. The van der Waals surface area contributed by atoms with E-state index in [4.69, 9.17) is 4.74 Å². The summed E-state index contributed by atoms with van der Waals surface area (Å²) in [5, 5.41) is 9.26. The van der Waals surface area contributed by atoms with Gasteiger partial charge in [-0.1, -0.05) is 12.1 Å². The lowest BCUT2D eigenvalue weighted by molar-refractivity contribution is 0.254. The third kappa shape index (κ3) is 5.52. The van der Waals surface area contributed by atoms with Gasteiger partial charge in [-0.05, 0) is 48.4 Å². The number of sulfone groups is 1. The summed E-state index contributed by atoms with van der Waals surface area (Å²) in [6.07, 6.45) is 1.52. The fourth-order valence-corrected chi connectivity index (χ4v) is 4.58. The summed E-state index contributed by atoms with van der Waals surface area (Å²) in [6.45, 7) is -0.182. The van der Waals surface area contributed by atoms with Gasteiger partial charge in [0.1, 0.15) is 5.75 Å². The van der Waals surface area contributed by atoms with Crippen molar-refractivity contribution in [3.8, 4) is 5.75 Å². The number of nitrogens with zero attached hydrogens (tertiary/aromatic N) is 1. The number of ether oxygens (including phenoxy) is 1. The topological polar surface area (TPSA) is 101 Å². The predicted octanol–water partition coefficient (Wildman–Crippen LogP) is 1.32. The lowest BCUT2D eigenvalue weighted by Gasteiger charge is -2.21. The highest BCUT2D eigenvalue weighted by atomic mass is 32.2. The average Bonchev–Trinajstić information content (AvgIpc) is 2.64. The molecule has 27 heavy (non-hydrogen) atoms. The molecule has 0 amide bonds. The van der Waals surface area contributed by atoms with Crippen LogP contribution in [0.1, 0.15) is 5.56 Å². The monoisotopic (exact) mass is 413 g/mol. The Morgan fingerprint density at radius 2 is 1.44 bits per heavy atom. The van der Waals surface area contributed by atoms with Gasteiger partial charge >= 0.3 is 0 Å². The number of benzene rings is 2. The molecule has 0 aliphatic carbocycles. The maximum Gasteiger partial charge on any atom is 0.243 e. The molecule has 0 aromatic heterocycles. The number of aliphatic hydroxyl groups excluding tert-OH is 1. The molecule has 1 N–H and O–H groups in total. The fraction of sp³-hybridized carbons (Fsp3) is 0.333. The predicted molar refractivity (Wildman–Crippen MR) is 102 cm³/mol. The van der Waals surface area contributed by atoms with Crippen molar-refractivity contribution in [2.24, 2.45) is 0 Å². The number of hydrogen-bond donors (Lipinski definition) is 1. The van der Waals surface area contributed by atoms with Crippen LogP contribution in [-0.2, 0) is 26.3 Å². The summed E-state index contributed by atoms with van der Waals surface area (Å²) in [7, 11) is -5.69. The third-order valence-corrected chi connectivity index (χ3v) is 7.09. The Kier molecular flexibility index (Phi) is 6.99. The average molecular weight is 414 g/mol. The summed E-state index contributed by atoms with van der Waals surface area (Å²) >= 11 is 0. The molecule has 0 fully saturated rings. The van der Waals surface area contributed by atoms with Gasteiger partial charge in [-0.3, -0.25) is 0 Å². The molecule has 0 unspecified atom stereocenters. The molecule has 0 radical (unpaired) electrons. The summed E-state index contributed by atoms with van der Waals surface area (Å²) in [4.78, 5) is 0.0338. The van der Waals surface area contributed by atoms with Crippen LogP contribution in [0, 0.1) is 0 Å². The third-order valence-electron chi connectivity index (χ3n) is 4.05. The van der Waals surface area contributed by atoms with Crippen LogP contribution in [0.4, 0.5) is 0 Å². The molecule has 0 atom stereocenters. The molecule has 0 saturated carbocycles. The van der Waals surface area contributed by atoms with E-state index >= 15 is 0 Å². The normalized spacial score (nSPS) is 12.3. The zero-order valence-corrected chi connectivity index (χ0v) is 16.8. The Morgan fingerprint density at radius 1 is 0.889 bits per heavy atom. The standard InChI is InChI=1S/C18H23NO6S2/c1-25-16-5-3-15(4-6-16)11-12-19(13-14-20)27(23,24)18-9-7-17(8-10-18)26(2,21)22/h3-10,20H,11-14H2,1-2H3. The molecule has 9 heteroatoms. The Hall–Kier alpha value is -1.94. The van der Waals surface area contributed by atoms with E-state index in [1.165, 1.54) is 28.6 Å². The van der Waals surface area contributed by atoms with Gasteiger partial charge in [0.05, 0.1) is 23.5 Å². The van der Waals surface area contributed by atoms with E-state index in [1.54, 1.807) is 19.2 Å². The number of methoxy groups -OCH3 is 1. The van der Waals surface area contributed by atoms with Crippen molar-refractivity contribution in [3.05, 3.63) is 54.1 Å². The molecule has 0 aliphatic heterocycles. The Morgan fingerprint density at radius 3 is 1.93 bits per heavy atom. The first kappa shape index (κ1) is 21.4. The maximum atomic E-state index is 12.9. The van der Waals surface area contributed by atoms with E-state index in [0.717, 1.165) is 11.8 Å². The molecule has 0 aliphatic rings. The van der Waals surface area contributed by atoms with Crippen molar-refractivity contribution in [3.63, 3.8) is 0 Å². The second-order valence-corrected chi connectivity index (χ2v) is 9.92. The Labute approximate surface area is 160 Å². The van der Waals surface area contributed by atoms with Crippen LogP contribution in [0.25, 0.3) is 0 Å². The van der Waals surface area contributed by atoms with Crippen molar-refractivity contribution in [1.29, 1.82) is 0 Å². The van der Waals surface area contributed by atoms with E-state index in [2.05, 4.69) is 0 Å². The molecule has 0 bridgehead atoms. The van der Waals surface area contributed by atoms with Gasteiger partial charge in [0, 0.05) is 19.3 Å². The van der Waals surface area contributed by atoms with E-state index in [9.17, 15) is 21.9 Å². The molecular weight excluding hydrogens is 390 g/mol. The smallest absolute Gasteiger partial charge is 0.243 e. The Balaban J connectivity index is 2.19. The van der Waals surface area contributed by atoms with Gasteiger partial charge in [-0.25, -0.2) is 16.8 Å². The van der Waals surface area contributed by atoms with Crippen molar-refractivity contribution in [1.82, 2.24) is 4.31 Å². The van der Waals surface area contributed by atoms with Crippen LogP contribution < -0.4 is 4.74 Å². The van der Waals surface area contributed by atoms with Crippen molar-refractivity contribution >= 4 is 19.9 Å². The van der Waals surface area contributed by atoms with Gasteiger partial charge in [0.2, 0.25) is 10.0 Å². The minimum Gasteiger partial charge on any atom is -0.497 e. The largest absolute Gasteiger partial charge is 0.497 e. The number of sulfonamides is 1. The molecule has 2 rings (SSSR count). The summed E-state index contributed by atoms with van der Waals surface area (Å²) in [5.41, 5.74) is 0.932. The zero-order chi connectivity index (χ0) is 20.1. The van der Waals surface area contributed by atoms with Gasteiger partial charge < -0.3 is 9.84 Å². The van der Waals surface area contributed by atoms with E-state index in [1.807, 2.05) is 12.1 Å². The first-order valence-corrected chi connectivity index (χ1v) is 11.6. The van der Waals surface area contributed by atoms with Crippen LogP contribution in [-0.4, -0.2) is 59.3 Å². The second kappa shape index (κ2) is 8.83.